The Morgan fingerprint density at radius 3 is 1.65 bits per heavy atom. The van der Waals surface area contributed by atoms with Crippen molar-refractivity contribution in [3.63, 3.8) is 0 Å². The number of aliphatic hydroxyl groups excluding tert-OH is 2. The van der Waals surface area contributed by atoms with Crippen LogP contribution in [0.3, 0.4) is 0 Å². The SMILES string of the molecule is CC(C)(C)CCCCCO.CC(C)C(C)CCCCO. The van der Waals surface area contributed by atoms with Gasteiger partial charge in [0, 0.05) is 13.2 Å². The number of unbranched alkanes of at least 4 members (excludes halogenated alkanes) is 3. The molecule has 0 aromatic carbocycles. The number of rotatable bonds is 9. The van der Waals surface area contributed by atoms with E-state index in [0.717, 1.165) is 24.7 Å². The highest BCUT2D eigenvalue weighted by Crippen LogP contribution is 2.21. The van der Waals surface area contributed by atoms with E-state index < -0.39 is 0 Å². The van der Waals surface area contributed by atoms with Gasteiger partial charge in [0.1, 0.15) is 0 Å². The summed E-state index contributed by atoms with van der Waals surface area (Å²) in [5.41, 5.74) is 0.468. The molecule has 0 amide bonds. The first-order chi connectivity index (χ1) is 9.24. The van der Waals surface area contributed by atoms with Gasteiger partial charge in [-0.15, -0.1) is 0 Å². The first kappa shape index (κ1) is 22.2. The minimum absolute atomic E-state index is 0.351. The van der Waals surface area contributed by atoms with E-state index in [2.05, 4.69) is 41.5 Å². The van der Waals surface area contributed by atoms with Gasteiger partial charge in [-0.2, -0.15) is 0 Å². The molecule has 1 unspecified atom stereocenters. The molecule has 2 N–H and O–H groups in total. The summed E-state index contributed by atoms with van der Waals surface area (Å²) < 4.78 is 0. The van der Waals surface area contributed by atoms with E-state index in [1.54, 1.807) is 0 Å². The van der Waals surface area contributed by atoms with Crippen LogP contribution in [0.1, 0.15) is 86.5 Å². The lowest BCUT2D eigenvalue weighted by Gasteiger charge is -2.17. The molecule has 2 heteroatoms. The smallest absolute Gasteiger partial charge is 0.0431 e. The molecule has 1 atom stereocenters. The zero-order valence-corrected chi connectivity index (χ0v) is 14.9. The van der Waals surface area contributed by atoms with Gasteiger partial charge in [0.25, 0.3) is 0 Å². The lowest BCUT2D eigenvalue weighted by Crippen LogP contribution is -2.04. The van der Waals surface area contributed by atoms with Gasteiger partial charge >= 0.3 is 0 Å². The van der Waals surface area contributed by atoms with Crippen LogP contribution in [-0.4, -0.2) is 23.4 Å². The molecule has 0 aromatic rings. The van der Waals surface area contributed by atoms with E-state index in [0.29, 0.717) is 18.6 Å². The topological polar surface area (TPSA) is 40.5 Å². The molecular weight excluding hydrogens is 248 g/mol. The lowest BCUT2D eigenvalue weighted by atomic mass is 9.89. The molecule has 2 nitrogen and oxygen atoms in total. The first-order valence-corrected chi connectivity index (χ1v) is 8.46. The molecule has 0 aliphatic rings. The molecule has 0 saturated heterocycles. The molecule has 0 aliphatic heterocycles. The predicted molar refractivity (Wildman–Crippen MR) is 89.9 cm³/mol. The molecule has 0 radical (unpaired) electrons. The van der Waals surface area contributed by atoms with Crippen molar-refractivity contribution in [3.8, 4) is 0 Å². The molecule has 0 aromatic heterocycles. The molecule has 0 heterocycles. The van der Waals surface area contributed by atoms with Crippen molar-refractivity contribution in [1.29, 1.82) is 0 Å². The van der Waals surface area contributed by atoms with Crippen LogP contribution in [-0.2, 0) is 0 Å². The maximum atomic E-state index is 8.52. The molecule has 0 fully saturated rings. The first-order valence-electron chi connectivity index (χ1n) is 8.46. The molecule has 0 saturated carbocycles. The minimum atomic E-state index is 0.351. The Balaban J connectivity index is 0. The van der Waals surface area contributed by atoms with Crippen molar-refractivity contribution in [3.05, 3.63) is 0 Å². The fourth-order valence-corrected chi connectivity index (χ4v) is 1.86. The summed E-state index contributed by atoms with van der Waals surface area (Å²) in [5, 5.41) is 17.0. The Bertz CT molecular complexity index is 182. The van der Waals surface area contributed by atoms with Crippen LogP contribution in [0.2, 0.25) is 0 Å². The second-order valence-corrected chi connectivity index (χ2v) is 7.54. The van der Waals surface area contributed by atoms with Gasteiger partial charge in [-0.1, -0.05) is 67.2 Å². The third kappa shape index (κ3) is 20.2. The van der Waals surface area contributed by atoms with Gasteiger partial charge < -0.3 is 10.2 Å². The number of hydrogen-bond donors (Lipinski definition) is 2. The second-order valence-electron chi connectivity index (χ2n) is 7.54. The van der Waals surface area contributed by atoms with Crippen molar-refractivity contribution in [1.82, 2.24) is 0 Å². The second kappa shape index (κ2) is 13.9. The van der Waals surface area contributed by atoms with Gasteiger partial charge in [0.2, 0.25) is 0 Å². The van der Waals surface area contributed by atoms with Crippen LogP contribution in [0.5, 0.6) is 0 Å². The van der Waals surface area contributed by atoms with Crippen LogP contribution in [0.25, 0.3) is 0 Å². The van der Waals surface area contributed by atoms with Crippen LogP contribution in [0.15, 0.2) is 0 Å². The predicted octanol–water partition coefficient (Wildman–Crippen LogP) is 5.03. The van der Waals surface area contributed by atoms with Gasteiger partial charge in [0.05, 0.1) is 0 Å². The van der Waals surface area contributed by atoms with E-state index in [1.807, 2.05) is 0 Å². The Morgan fingerprint density at radius 1 is 0.750 bits per heavy atom. The van der Waals surface area contributed by atoms with Gasteiger partial charge in [-0.25, -0.2) is 0 Å². The average Bonchev–Trinajstić information content (AvgIpc) is 2.34. The Kier molecular flexibility index (Phi) is 15.4. The number of aliphatic hydroxyl groups is 2. The molecule has 0 spiro atoms. The normalized spacial score (nSPS) is 13.1. The molecular formula is C18H40O2. The highest BCUT2D eigenvalue weighted by atomic mass is 16.3. The zero-order chi connectivity index (χ0) is 16.0. The Labute approximate surface area is 128 Å². The fraction of sp³-hybridized carbons (Fsp3) is 1.00. The molecule has 0 rings (SSSR count). The Morgan fingerprint density at radius 2 is 1.25 bits per heavy atom. The fourth-order valence-electron chi connectivity index (χ4n) is 1.86. The molecule has 0 bridgehead atoms. The molecule has 124 valence electrons. The van der Waals surface area contributed by atoms with Gasteiger partial charge in [-0.3, -0.25) is 0 Å². The maximum absolute atomic E-state index is 8.52. The lowest BCUT2D eigenvalue weighted by molar-refractivity contribution is 0.273. The quantitative estimate of drug-likeness (QED) is 0.584. The van der Waals surface area contributed by atoms with E-state index in [-0.39, 0.29) is 0 Å². The third-order valence-electron chi connectivity index (χ3n) is 3.79. The van der Waals surface area contributed by atoms with Crippen molar-refractivity contribution >= 4 is 0 Å². The van der Waals surface area contributed by atoms with Crippen LogP contribution in [0.4, 0.5) is 0 Å². The minimum Gasteiger partial charge on any atom is -0.396 e. The van der Waals surface area contributed by atoms with E-state index in [1.165, 1.54) is 32.1 Å². The highest BCUT2D eigenvalue weighted by Gasteiger charge is 2.08. The monoisotopic (exact) mass is 288 g/mol. The average molecular weight is 289 g/mol. The third-order valence-corrected chi connectivity index (χ3v) is 3.79. The summed E-state index contributed by atoms with van der Waals surface area (Å²) in [7, 11) is 0. The van der Waals surface area contributed by atoms with Crippen LogP contribution < -0.4 is 0 Å². The van der Waals surface area contributed by atoms with Gasteiger partial charge in [-0.05, 0) is 36.5 Å². The largest absolute Gasteiger partial charge is 0.396 e. The van der Waals surface area contributed by atoms with Crippen LogP contribution >= 0.6 is 0 Å². The summed E-state index contributed by atoms with van der Waals surface area (Å²) >= 11 is 0. The van der Waals surface area contributed by atoms with Crippen LogP contribution in [0, 0.1) is 17.3 Å². The number of hydrogen-bond acceptors (Lipinski definition) is 2. The van der Waals surface area contributed by atoms with E-state index in [4.69, 9.17) is 10.2 Å². The maximum Gasteiger partial charge on any atom is 0.0431 e. The van der Waals surface area contributed by atoms with Crippen molar-refractivity contribution in [2.45, 2.75) is 86.5 Å². The summed E-state index contributed by atoms with van der Waals surface area (Å²) in [6.45, 7) is 14.3. The van der Waals surface area contributed by atoms with Gasteiger partial charge in [0.15, 0.2) is 0 Å². The van der Waals surface area contributed by atoms with Crippen molar-refractivity contribution in [2.24, 2.45) is 17.3 Å². The van der Waals surface area contributed by atoms with Crippen molar-refractivity contribution in [2.75, 3.05) is 13.2 Å². The zero-order valence-electron chi connectivity index (χ0n) is 14.9. The molecule has 20 heavy (non-hydrogen) atoms. The van der Waals surface area contributed by atoms with E-state index in [9.17, 15) is 0 Å². The summed E-state index contributed by atoms with van der Waals surface area (Å²) in [6, 6.07) is 0. The summed E-state index contributed by atoms with van der Waals surface area (Å²) in [6.07, 6.45) is 8.08. The van der Waals surface area contributed by atoms with E-state index >= 15 is 0 Å². The highest BCUT2D eigenvalue weighted by molar-refractivity contribution is 4.60. The standard InChI is InChI=1S/2C9H20O/c1-9(2,3)7-5-4-6-8-10;1-8(2)9(3)6-4-5-7-10/h10H,4-8H2,1-3H3;8-10H,4-7H2,1-3H3. The summed E-state index contributed by atoms with van der Waals surface area (Å²) in [5.74, 6) is 1.60. The summed E-state index contributed by atoms with van der Waals surface area (Å²) in [4.78, 5) is 0. The molecule has 0 aliphatic carbocycles. The van der Waals surface area contributed by atoms with Crippen molar-refractivity contribution < 1.29 is 10.2 Å². The Hall–Kier alpha value is -0.0800.